The van der Waals surface area contributed by atoms with E-state index in [0.29, 0.717) is 18.1 Å². The molecule has 3 fully saturated rings. The predicted molar refractivity (Wildman–Crippen MR) is 108 cm³/mol. The molecule has 0 radical (unpaired) electrons. The van der Waals surface area contributed by atoms with Gasteiger partial charge in [-0.3, -0.25) is 9.89 Å². The molecule has 5 nitrogen and oxygen atoms in total. The van der Waals surface area contributed by atoms with E-state index < -0.39 is 0 Å². The Labute approximate surface area is 165 Å². The van der Waals surface area contributed by atoms with Gasteiger partial charge in [-0.25, -0.2) is 0 Å². The van der Waals surface area contributed by atoms with Gasteiger partial charge in [0.15, 0.2) is 5.96 Å². The fourth-order valence-corrected chi connectivity index (χ4v) is 5.96. The smallest absolute Gasteiger partial charge is 0.193 e. The zero-order valence-electron chi connectivity index (χ0n) is 15.9. The van der Waals surface area contributed by atoms with Crippen LogP contribution in [0.5, 0.6) is 0 Å². The maximum atomic E-state index is 6.05. The number of rotatable bonds is 3. The quantitative estimate of drug-likeness (QED) is 0.630. The Kier molecular flexibility index (Phi) is 5.21. The van der Waals surface area contributed by atoms with Gasteiger partial charge in [-0.2, -0.15) is 0 Å². The molecule has 1 aromatic heterocycles. The van der Waals surface area contributed by atoms with Crippen molar-refractivity contribution in [3.8, 4) is 0 Å². The van der Waals surface area contributed by atoms with Gasteiger partial charge in [-0.15, -0.1) is 11.3 Å². The highest BCUT2D eigenvalue weighted by molar-refractivity contribution is 7.16. The summed E-state index contributed by atoms with van der Waals surface area (Å²) >= 11 is 7.73. The molecule has 3 atom stereocenters. The molecular weight excluding hydrogens is 368 g/mol. The Hall–Kier alpha value is -0.820. The van der Waals surface area contributed by atoms with E-state index in [-0.39, 0.29) is 5.41 Å². The second-order valence-electron chi connectivity index (χ2n) is 8.20. The molecular formula is C19H29ClN4OS. The van der Waals surface area contributed by atoms with Gasteiger partial charge in [0, 0.05) is 68.6 Å². The monoisotopic (exact) mass is 396 g/mol. The highest BCUT2D eigenvalue weighted by atomic mass is 35.5. The molecule has 3 unspecified atom stereocenters. The Morgan fingerprint density at radius 2 is 2.12 bits per heavy atom. The molecule has 1 N–H and O–H groups in total. The van der Waals surface area contributed by atoms with Gasteiger partial charge < -0.3 is 15.0 Å². The van der Waals surface area contributed by atoms with Crippen molar-refractivity contribution in [2.75, 3.05) is 39.8 Å². The average Bonchev–Trinajstić information content (AvgIpc) is 3.24. The van der Waals surface area contributed by atoms with E-state index in [0.717, 1.165) is 49.6 Å². The number of hydrogen-bond donors (Lipinski definition) is 1. The number of fused-ring (bicyclic) bond motifs is 1. The van der Waals surface area contributed by atoms with Gasteiger partial charge in [-0.1, -0.05) is 25.4 Å². The molecule has 0 aromatic carbocycles. The van der Waals surface area contributed by atoms with Crippen molar-refractivity contribution in [3.63, 3.8) is 0 Å². The van der Waals surface area contributed by atoms with Crippen molar-refractivity contribution in [2.24, 2.45) is 16.3 Å². The molecule has 0 spiro atoms. The first-order valence-corrected chi connectivity index (χ1v) is 10.7. The Morgan fingerprint density at radius 3 is 2.77 bits per heavy atom. The second kappa shape index (κ2) is 7.30. The maximum Gasteiger partial charge on any atom is 0.193 e. The van der Waals surface area contributed by atoms with Crippen molar-refractivity contribution in [1.82, 2.24) is 15.1 Å². The molecule has 0 amide bonds. The summed E-state index contributed by atoms with van der Waals surface area (Å²) in [6.07, 6.45) is 1.58. The summed E-state index contributed by atoms with van der Waals surface area (Å²) in [6, 6.07) is 4.59. The van der Waals surface area contributed by atoms with Crippen LogP contribution in [0, 0.1) is 11.3 Å². The van der Waals surface area contributed by atoms with Crippen LogP contribution in [0.2, 0.25) is 4.34 Å². The van der Waals surface area contributed by atoms with E-state index in [9.17, 15) is 0 Å². The van der Waals surface area contributed by atoms with Gasteiger partial charge in [0.2, 0.25) is 0 Å². The maximum absolute atomic E-state index is 6.05. The molecule has 1 aliphatic carbocycles. The minimum Gasteiger partial charge on any atom is -0.377 e. The summed E-state index contributed by atoms with van der Waals surface area (Å²) in [7, 11) is 1.90. The van der Waals surface area contributed by atoms with Crippen LogP contribution < -0.4 is 5.32 Å². The third-order valence-electron chi connectivity index (χ3n) is 6.28. The summed E-state index contributed by atoms with van der Waals surface area (Å²) in [5.41, 5.74) is 0.178. The van der Waals surface area contributed by atoms with Crippen molar-refractivity contribution >= 4 is 28.9 Å². The van der Waals surface area contributed by atoms with Crippen LogP contribution in [0.25, 0.3) is 0 Å². The minimum atomic E-state index is 0.178. The van der Waals surface area contributed by atoms with Crippen LogP contribution in [0.4, 0.5) is 0 Å². The fraction of sp³-hybridized carbons (Fsp3) is 0.737. The van der Waals surface area contributed by atoms with Crippen LogP contribution in [0.15, 0.2) is 17.1 Å². The van der Waals surface area contributed by atoms with E-state index in [4.69, 9.17) is 16.3 Å². The first kappa shape index (κ1) is 18.5. The zero-order valence-corrected chi connectivity index (χ0v) is 17.4. The summed E-state index contributed by atoms with van der Waals surface area (Å²) in [6.45, 7) is 10.7. The van der Waals surface area contributed by atoms with Crippen LogP contribution in [0.3, 0.4) is 0 Å². The summed E-state index contributed by atoms with van der Waals surface area (Å²) in [5.74, 6) is 1.68. The number of thiophene rings is 1. The van der Waals surface area contributed by atoms with E-state index >= 15 is 0 Å². The molecule has 1 saturated carbocycles. The SMILES string of the molecule is CN=C(NC1C2CCOC2C1(C)C)N1CCN(Cc2ccc(Cl)s2)CC1. The zero-order chi connectivity index (χ0) is 18.3. The second-order valence-corrected chi connectivity index (χ2v) is 10.0. The Bertz CT molecular complexity index is 668. The molecule has 0 bridgehead atoms. The molecule has 2 aliphatic heterocycles. The number of nitrogens with zero attached hydrogens (tertiary/aromatic N) is 3. The van der Waals surface area contributed by atoms with Gasteiger partial charge in [0.05, 0.1) is 10.4 Å². The average molecular weight is 397 g/mol. The standard InChI is InChI=1S/C19H29ClN4OS/c1-19(2)16(14-6-11-25-17(14)19)22-18(21-3)24-9-7-23(8-10-24)12-13-4-5-15(20)26-13/h4-5,14,16-17H,6-12H2,1-3H3,(H,21,22). The Morgan fingerprint density at radius 1 is 1.35 bits per heavy atom. The number of guanidine groups is 1. The number of ether oxygens (including phenoxy) is 1. The van der Waals surface area contributed by atoms with E-state index in [1.807, 2.05) is 13.1 Å². The van der Waals surface area contributed by atoms with Crippen molar-refractivity contribution in [1.29, 1.82) is 0 Å². The van der Waals surface area contributed by atoms with Crippen LogP contribution in [-0.4, -0.2) is 67.7 Å². The van der Waals surface area contributed by atoms with Gasteiger partial charge in [-0.05, 0) is 18.6 Å². The highest BCUT2D eigenvalue weighted by Gasteiger charge is 2.59. The van der Waals surface area contributed by atoms with Gasteiger partial charge in [0.25, 0.3) is 0 Å². The molecule has 2 saturated heterocycles. The number of piperazine rings is 1. The topological polar surface area (TPSA) is 40.1 Å². The first-order chi connectivity index (χ1) is 12.5. The van der Waals surface area contributed by atoms with E-state index in [1.54, 1.807) is 11.3 Å². The van der Waals surface area contributed by atoms with Crippen LogP contribution >= 0.6 is 22.9 Å². The summed E-state index contributed by atoms with van der Waals surface area (Å²) in [5, 5.41) is 3.76. The largest absolute Gasteiger partial charge is 0.377 e. The normalized spacial score (nSPS) is 31.6. The van der Waals surface area contributed by atoms with Crippen LogP contribution in [-0.2, 0) is 11.3 Å². The lowest BCUT2D eigenvalue weighted by Crippen LogP contribution is -2.68. The van der Waals surface area contributed by atoms with Gasteiger partial charge >= 0.3 is 0 Å². The fourth-order valence-electron chi connectivity index (χ4n) is 4.83. The highest BCUT2D eigenvalue weighted by Crippen LogP contribution is 2.52. The summed E-state index contributed by atoms with van der Waals surface area (Å²) < 4.78 is 6.80. The molecule has 3 aliphatic rings. The number of halogens is 1. The number of nitrogens with one attached hydrogen (secondary N) is 1. The predicted octanol–water partition coefficient (Wildman–Crippen LogP) is 2.91. The summed E-state index contributed by atoms with van der Waals surface area (Å²) in [4.78, 5) is 10.8. The molecule has 3 heterocycles. The number of aliphatic imine (C=N–C) groups is 1. The molecule has 26 heavy (non-hydrogen) atoms. The van der Waals surface area contributed by atoms with Crippen LogP contribution in [0.1, 0.15) is 25.1 Å². The van der Waals surface area contributed by atoms with E-state index in [2.05, 4.69) is 40.0 Å². The lowest BCUT2D eigenvalue weighted by molar-refractivity contribution is -0.107. The Balaban J connectivity index is 1.31. The number of hydrogen-bond acceptors (Lipinski definition) is 4. The lowest BCUT2D eigenvalue weighted by atomic mass is 9.57. The molecule has 1 aromatic rings. The third-order valence-corrected chi connectivity index (χ3v) is 7.49. The first-order valence-electron chi connectivity index (χ1n) is 9.55. The van der Waals surface area contributed by atoms with Crippen molar-refractivity contribution < 1.29 is 4.74 Å². The molecule has 7 heteroatoms. The van der Waals surface area contributed by atoms with E-state index in [1.165, 1.54) is 11.3 Å². The molecule has 4 rings (SSSR count). The molecule has 144 valence electrons. The minimum absolute atomic E-state index is 0.178. The van der Waals surface area contributed by atoms with Gasteiger partial charge in [0.1, 0.15) is 0 Å². The van der Waals surface area contributed by atoms with Crippen molar-refractivity contribution in [3.05, 3.63) is 21.3 Å². The lowest BCUT2D eigenvalue weighted by Gasteiger charge is -2.55. The third kappa shape index (κ3) is 3.37. The van der Waals surface area contributed by atoms with Crippen molar-refractivity contribution in [2.45, 2.75) is 39.0 Å².